The number of hydrogen-bond donors (Lipinski definition) is 1. The summed E-state index contributed by atoms with van der Waals surface area (Å²) in [5.41, 5.74) is 1.22. The second-order valence-corrected chi connectivity index (χ2v) is 5.93. The molecule has 2 atom stereocenters. The average Bonchev–Trinajstić information content (AvgIpc) is 2.79. The molecule has 0 spiro atoms. The van der Waals surface area contributed by atoms with Gasteiger partial charge in [-0.05, 0) is 18.4 Å². The Hall–Kier alpha value is -0.870. The van der Waals surface area contributed by atoms with Gasteiger partial charge in [0.25, 0.3) is 0 Å². The SMILES string of the molecule is CC(C)(C)COC1CNCCC1c1ccon1. The highest BCUT2D eigenvalue weighted by atomic mass is 16.5. The van der Waals surface area contributed by atoms with Crippen molar-refractivity contribution in [2.45, 2.75) is 39.2 Å². The van der Waals surface area contributed by atoms with Crippen LogP contribution >= 0.6 is 0 Å². The third-order valence-electron chi connectivity index (χ3n) is 2.99. The quantitative estimate of drug-likeness (QED) is 0.876. The van der Waals surface area contributed by atoms with Crippen LogP contribution < -0.4 is 5.32 Å². The molecule has 0 aliphatic carbocycles. The zero-order valence-corrected chi connectivity index (χ0v) is 10.9. The van der Waals surface area contributed by atoms with Gasteiger partial charge < -0.3 is 14.6 Å². The Morgan fingerprint density at radius 3 is 3.00 bits per heavy atom. The molecule has 1 aliphatic rings. The third kappa shape index (κ3) is 3.54. The van der Waals surface area contributed by atoms with Gasteiger partial charge >= 0.3 is 0 Å². The minimum absolute atomic E-state index is 0.200. The Bertz CT molecular complexity index is 330. The molecule has 17 heavy (non-hydrogen) atoms. The van der Waals surface area contributed by atoms with Crippen LogP contribution in [0.25, 0.3) is 0 Å². The second kappa shape index (κ2) is 5.19. The second-order valence-electron chi connectivity index (χ2n) is 5.93. The lowest BCUT2D eigenvalue weighted by molar-refractivity contribution is -0.0156. The number of piperidine rings is 1. The molecule has 0 aromatic carbocycles. The van der Waals surface area contributed by atoms with Gasteiger partial charge in [-0.1, -0.05) is 25.9 Å². The molecule has 4 nitrogen and oxygen atoms in total. The first-order chi connectivity index (χ1) is 8.06. The summed E-state index contributed by atoms with van der Waals surface area (Å²) in [5, 5.41) is 7.43. The monoisotopic (exact) mass is 238 g/mol. The lowest BCUT2D eigenvalue weighted by Gasteiger charge is -2.33. The zero-order chi connectivity index (χ0) is 12.3. The zero-order valence-electron chi connectivity index (χ0n) is 10.9. The topological polar surface area (TPSA) is 47.3 Å². The Morgan fingerprint density at radius 1 is 1.53 bits per heavy atom. The highest BCUT2D eigenvalue weighted by Gasteiger charge is 2.30. The lowest BCUT2D eigenvalue weighted by Crippen LogP contribution is -2.42. The molecular formula is C13H22N2O2. The average molecular weight is 238 g/mol. The van der Waals surface area contributed by atoms with E-state index in [-0.39, 0.29) is 11.5 Å². The third-order valence-corrected chi connectivity index (χ3v) is 2.99. The molecule has 96 valence electrons. The van der Waals surface area contributed by atoms with Gasteiger partial charge in [-0.15, -0.1) is 0 Å². The van der Waals surface area contributed by atoms with Crippen molar-refractivity contribution in [2.75, 3.05) is 19.7 Å². The normalized spacial score (nSPS) is 26.1. The molecule has 2 rings (SSSR count). The summed E-state index contributed by atoms with van der Waals surface area (Å²) in [7, 11) is 0. The molecule has 0 saturated carbocycles. The van der Waals surface area contributed by atoms with Gasteiger partial charge in [-0.2, -0.15) is 0 Å². The number of nitrogens with one attached hydrogen (secondary N) is 1. The molecule has 1 aliphatic heterocycles. The predicted molar refractivity (Wildman–Crippen MR) is 65.9 cm³/mol. The Labute approximate surface area is 103 Å². The number of rotatable bonds is 3. The standard InChI is InChI=1S/C13H22N2O2/c1-13(2,3)9-16-12-8-14-6-4-10(12)11-5-7-17-15-11/h5,7,10,12,14H,4,6,8-9H2,1-3H3. The molecule has 1 aromatic rings. The minimum atomic E-state index is 0.200. The first-order valence-electron chi connectivity index (χ1n) is 6.29. The fourth-order valence-electron chi connectivity index (χ4n) is 2.11. The number of hydrogen-bond acceptors (Lipinski definition) is 4. The molecule has 4 heteroatoms. The number of ether oxygens (including phenoxy) is 1. The highest BCUT2D eigenvalue weighted by molar-refractivity contribution is 5.08. The summed E-state index contributed by atoms with van der Waals surface area (Å²) in [4.78, 5) is 0. The summed E-state index contributed by atoms with van der Waals surface area (Å²) in [5.74, 6) is 0.359. The molecule has 0 radical (unpaired) electrons. The fourth-order valence-corrected chi connectivity index (χ4v) is 2.11. The molecule has 2 heterocycles. The van der Waals surface area contributed by atoms with E-state index >= 15 is 0 Å². The van der Waals surface area contributed by atoms with Crippen molar-refractivity contribution >= 4 is 0 Å². The van der Waals surface area contributed by atoms with E-state index in [1.807, 2.05) is 6.07 Å². The maximum absolute atomic E-state index is 6.04. The van der Waals surface area contributed by atoms with Crippen molar-refractivity contribution < 1.29 is 9.26 Å². The van der Waals surface area contributed by atoms with E-state index in [1.165, 1.54) is 0 Å². The summed E-state index contributed by atoms with van der Waals surface area (Å²) in [6, 6.07) is 1.95. The summed E-state index contributed by atoms with van der Waals surface area (Å²) in [6.07, 6.45) is 2.90. The van der Waals surface area contributed by atoms with Crippen molar-refractivity contribution in [2.24, 2.45) is 5.41 Å². The van der Waals surface area contributed by atoms with Crippen molar-refractivity contribution in [3.63, 3.8) is 0 Å². The smallest absolute Gasteiger partial charge is 0.124 e. The van der Waals surface area contributed by atoms with Gasteiger partial charge in [-0.25, -0.2) is 0 Å². The van der Waals surface area contributed by atoms with Crippen LogP contribution in [0, 0.1) is 5.41 Å². The first-order valence-corrected chi connectivity index (χ1v) is 6.29. The Balaban J connectivity index is 1.98. The predicted octanol–water partition coefficient (Wildman–Crippen LogP) is 2.18. The van der Waals surface area contributed by atoms with E-state index < -0.39 is 0 Å². The summed E-state index contributed by atoms with van der Waals surface area (Å²) < 4.78 is 11.0. The van der Waals surface area contributed by atoms with Crippen molar-refractivity contribution in [3.05, 3.63) is 18.0 Å². The largest absolute Gasteiger partial charge is 0.376 e. The Morgan fingerprint density at radius 2 is 2.35 bits per heavy atom. The van der Waals surface area contributed by atoms with E-state index in [9.17, 15) is 0 Å². The molecular weight excluding hydrogens is 216 g/mol. The van der Waals surface area contributed by atoms with E-state index in [0.717, 1.165) is 31.8 Å². The maximum atomic E-state index is 6.04. The number of aromatic nitrogens is 1. The van der Waals surface area contributed by atoms with Crippen LogP contribution in [0.2, 0.25) is 0 Å². The molecule has 0 bridgehead atoms. The van der Waals surface area contributed by atoms with E-state index in [4.69, 9.17) is 9.26 Å². The van der Waals surface area contributed by atoms with Gasteiger partial charge in [0, 0.05) is 18.5 Å². The Kier molecular flexibility index (Phi) is 3.84. The van der Waals surface area contributed by atoms with Crippen LogP contribution in [-0.2, 0) is 4.74 Å². The van der Waals surface area contributed by atoms with E-state index in [0.29, 0.717) is 5.92 Å². The van der Waals surface area contributed by atoms with Crippen LogP contribution in [0.5, 0.6) is 0 Å². The van der Waals surface area contributed by atoms with Gasteiger partial charge in [0.2, 0.25) is 0 Å². The minimum Gasteiger partial charge on any atom is -0.376 e. The fraction of sp³-hybridized carbons (Fsp3) is 0.769. The van der Waals surface area contributed by atoms with Crippen molar-refractivity contribution in [3.8, 4) is 0 Å². The molecule has 1 N–H and O–H groups in total. The summed E-state index contributed by atoms with van der Waals surface area (Å²) in [6.45, 7) is 9.26. The van der Waals surface area contributed by atoms with Crippen molar-refractivity contribution in [1.29, 1.82) is 0 Å². The molecule has 1 fully saturated rings. The maximum Gasteiger partial charge on any atom is 0.124 e. The molecule has 2 unspecified atom stereocenters. The van der Waals surface area contributed by atoms with E-state index in [1.54, 1.807) is 6.26 Å². The van der Waals surface area contributed by atoms with Gasteiger partial charge in [-0.3, -0.25) is 0 Å². The number of nitrogens with zero attached hydrogens (tertiary/aromatic N) is 1. The van der Waals surface area contributed by atoms with Crippen LogP contribution in [-0.4, -0.2) is 31.0 Å². The van der Waals surface area contributed by atoms with Gasteiger partial charge in [0.1, 0.15) is 6.26 Å². The summed E-state index contributed by atoms with van der Waals surface area (Å²) >= 11 is 0. The van der Waals surface area contributed by atoms with Crippen LogP contribution in [0.3, 0.4) is 0 Å². The van der Waals surface area contributed by atoms with Crippen LogP contribution in [0.4, 0.5) is 0 Å². The molecule has 0 amide bonds. The highest BCUT2D eigenvalue weighted by Crippen LogP contribution is 2.27. The van der Waals surface area contributed by atoms with Crippen LogP contribution in [0.1, 0.15) is 38.8 Å². The van der Waals surface area contributed by atoms with Gasteiger partial charge in [0.05, 0.1) is 18.4 Å². The lowest BCUT2D eigenvalue weighted by atomic mass is 9.91. The van der Waals surface area contributed by atoms with Crippen molar-refractivity contribution in [1.82, 2.24) is 10.5 Å². The molecule has 1 aromatic heterocycles. The molecule has 1 saturated heterocycles. The van der Waals surface area contributed by atoms with Crippen LogP contribution in [0.15, 0.2) is 16.9 Å². The van der Waals surface area contributed by atoms with Gasteiger partial charge in [0.15, 0.2) is 0 Å². The first kappa shape index (κ1) is 12.6. The van der Waals surface area contributed by atoms with E-state index in [2.05, 4.69) is 31.2 Å².